The van der Waals surface area contributed by atoms with Gasteiger partial charge in [0.1, 0.15) is 5.82 Å². The summed E-state index contributed by atoms with van der Waals surface area (Å²) in [6.07, 6.45) is 2.56. The monoisotopic (exact) mass is 475 g/mol. The molecule has 1 saturated heterocycles. The molecule has 172 valence electrons. The second kappa shape index (κ2) is 8.96. The smallest absolute Gasteiger partial charge is 0.240 e. The van der Waals surface area contributed by atoms with Crippen molar-refractivity contribution in [3.05, 3.63) is 83.9 Å². The van der Waals surface area contributed by atoms with E-state index >= 15 is 0 Å². The molecular formula is C24H22FN7OS. The molecule has 0 aliphatic carbocycles. The minimum atomic E-state index is -0.254. The Morgan fingerprint density at radius 3 is 2.50 bits per heavy atom. The summed E-state index contributed by atoms with van der Waals surface area (Å²) in [7, 11) is 0. The van der Waals surface area contributed by atoms with Crippen molar-refractivity contribution in [3.8, 4) is 11.3 Å². The number of halogens is 1. The topological polar surface area (TPSA) is 75.6 Å². The number of piperazine rings is 1. The lowest BCUT2D eigenvalue weighted by atomic mass is 10.1. The Bertz CT molecular complexity index is 1360. The van der Waals surface area contributed by atoms with Crippen LogP contribution in [-0.4, -0.2) is 55.8 Å². The predicted molar refractivity (Wildman–Crippen MR) is 127 cm³/mol. The van der Waals surface area contributed by atoms with Gasteiger partial charge in [0.25, 0.3) is 0 Å². The van der Waals surface area contributed by atoms with Crippen LogP contribution >= 0.6 is 11.3 Å². The molecule has 34 heavy (non-hydrogen) atoms. The zero-order valence-electron chi connectivity index (χ0n) is 18.3. The lowest BCUT2D eigenvalue weighted by Gasteiger charge is -2.33. The Morgan fingerprint density at radius 1 is 0.941 bits per heavy atom. The minimum Gasteiger partial charge on any atom is -0.344 e. The van der Waals surface area contributed by atoms with E-state index in [1.54, 1.807) is 28.0 Å². The quantitative estimate of drug-likeness (QED) is 0.369. The highest BCUT2D eigenvalue weighted by Gasteiger charge is 2.22. The van der Waals surface area contributed by atoms with E-state index in [4.69, 9.17) is 9.62 Å². The van der Waals surface area contributed by atoms with Gasteiger partial charge in [-0.3, -0.25) is 4.90 Å². The van der Waals surface area contributed by atoms with Crippen molar-refractivity contribution in [1.29, 1.82) is 0 Å². The predicted octanol–water partition coefficient (Wildman–Crippen LogP) is 3.89. The summed E-state index contributed by atoms with van der Waals surface area (Å²) in [5.74, 6) is 1.11. The average Bonchev–Trinajstić information content (AvgIpc) is 3.56. The Balaban J connectivity index is 1.05. The molecule has 0 N–H and O–H groups in total. The maximum absolute atomic E-state index is 13.2. The molecule has 10 heteroatoms. The van der Waals surface area contributed by atoms with Crippen LogP contribution in [0.3, 0.4) is 0 Å². The van der Waals surface area contributed by atoms with E-state index in [0.29, 0.717) is 24.7 Å². The van der Waals surface area contributed by atoms with Crippen molar-refractivity contribution >= 4 is 21.4 Å². The van der Waals surface area contributed by atoms with Gasteiger partial charge in [0.15, 0.2) is 5.82 Å². The van der Waals surface area contributed by atoms with Gasteiger partial charge in [0, 0.05) is 38.2 Å². The molecule has 3 aromatic heterocycles. The van der Waals surface area contributed by atoms with Crippen LogP contribution in [0.5, 0.6) is 0 Å². The first-order valence-electron chi connectivity index (χ1n) is 11.1. The second-order valence-corrected chi connectivity index (χ2v) is 9.21. The van der Waals surface area contributed by atoms with Crippen LogP contribution in [0.1, 0.15) is 17.3 Å². The first-order valence-corrected chi connectivity index (χ1v) is 12.0. The average molecular weight is 476 g/mol. The summed E-state index contributed by atoms with van der Waals surface area (Å²) < 4.78 is 20.5. The van der Waals surface area contributed by atoms with Crippen LogP contribution in [0.15, 0.2) is 65.3 Å². The molecule has 8 nitrogen and oxygen atoms in total. The van der Waals surface area contributed by atoms with Crippen LogP contribution in [0.2, 0.25) is 0 Å². The number of benzene rings is 2. The van der Waals surface area contributed by atoms with E-state index in [9.17, 15) is 4.39 Å². The molecule has 5 aromatic rings. The number of imidazole rings is 1. The van der Waals surface area contributed by atoms with Crippen LogP contribution in [0, 0.1) is 5.82 Å². The van der Waals surface area contributed by atoms with Gasteiger partial charge in [-0.15, -0.1) is 5.10 Å². The number of aromatic nitrogens is 5. The fraction of sp³-hybridized carbons (Fsp3) is 0.250. The number of hydrogen-bond acceptors (Lipinski definition) is 8. The lowest BCUT2D eigenvalue weighted by Crippen LogP contribution is -2.46. The Labute approximate surface area is 199 Å². The Morgan fingerprint density at radius 2 is 1.74 bits per heavy atom. The molecule has 2 aromatic carbocycles. The highest BCUT2D eigenvalue weighted by atomic mass is 32.1. The fourth-order valence-electron chi connectivity index (χ4n) is 4.07. The summed E-state index contributed by atoms with van der Waals surface area (Å²) in [6.45, 7) is 4.16. The first kappa shape index (κ1) is 20.9. The van der Waals surface area contributed by atoms with Crippen LogP contribution in [-0.2, 0) is 13.0 Å². The molecule has 0 amide bonds. The van der Waals surface area contributed by atoms with Crippen molar-refractivity contribution in [2.45, 2.75) is 13.0 Å². The molecule has 6 rings (SSSR count). The third-order valence-corrected chi connectivity index (χ3v) is 6.87. The summed E-state index contributed by atoms with van der Waals surface area (Å²) in [5, 5.41) is 9.80. The highest BCUT2D eigenvalue weighted by molar-refractivity contribution is 7.20. The summed E-state index contributed by atoms with van der Waals surface area (Å²) >= 11 is 1.57. The van der Waals surface area contributed by atoms with Crippen LogP contribution in [0.4, 0.5) is 9.52 Å². The fourth-order valence-corrected chi connectivity index (χ4v) is 5.01. The number of anilines is 1. The van der Waals surface area contributed by atoms with Crippen molar-refractivity contribution in [1.82, 2.24) is 29.6 Å². The maximum atomic E-state index is 13.2. The largest absolute Gasteiger partial charge is 0.344 e. The van der Waals surface area contributed by atoms with Crippen molar-refractivity contribution < 1.29 is 8.91 Å². The van der Waals surface area contributed by atoms with E-state index in [-0.39, 0.29) is 5.82 Å². The van der Waals surface area contributed by atoms with Gasteiger partial charge in [-0.2, -0.15) is 4.98 Å². The minimum absolute atomic E-state index is 0.254. The number of nitrogens with zero attached hydrogens (tertiary/aromatic N) is 7. The van der Waals surface area contributed by atoms with Crippen LogP contribution in [0.25, 0.3) is 16.2 Å². The molecule has 1 aliphatic rings. The molecule has 0 bridgehead atoms. The number of hydrogen-bond donors (Lipinski definition) is 0. The molecule has 0 spiro atoms. The van der Waals surface area contributed by atoms with Gasteiger partial charge >= 0.3 is 0 Å². The first-order chi connectivity index (χ1) is 16.7. The Hall–Kier alpha value is -3.63. The zero-order chi connectivity index (χ0) is 22.9. The van der Waals surface area contributed by atoms with Gasteiger partial charge in [-0.05, 0) is 29.8 Å². The summed E-state index contributed by atoms with van der Waals surface area (Å²) in [5.41, 5.74) is 2.84. The molecular weight excluding hydrogens is 453 g/mol. The van der Waals surface area contributed by atoms with E-state index in [1.165, 1.54) is 17.7 Å². The van der Waals surface area contributed by atoms with E-state index in [1.807, 2.05) is 24.4 Å². The lowest BCUT2D eigenvalue weighted by molar-refractivity contribution is 0.215. The molecule has 0 radical (unpaired) electrons. The third-order valence-electron chi connectivity index (χ3n) is 5.89. The normalized spacial score (nSPS) is 14.8. The van der Waals surface area contributed by atoms with E-state index < -0.39 is 0 Å². The number of rotatable bonds is 6. The molecule has 0 atom stereocenters. The van der Waals surface area contributed by atoms with Crippen molar-refractivity contribution in [2.75, 3.05) is 31.1 Å². The third kappa shape index (κ3) is 4.42. The molecule has 0 unspecified atom stereocenters. The van der Waals surface area contributed by atoms with Gasteiger partial charge in [0.05, 0.1) is 18.4 Å². The molecule has 1 fully saturated rings. The molecule has 4 heterocycles. The van der Waals surface area contributed by atoms with E-state index in [2.05, 4.69) is 37.1 Å². The van der Waals surface area contributed by atoms with E-state index in [0.717, 1.165) is 47.5 Å². The standard InChI is InChI=1S/C24H22FN7OS/c25-19-8-6-18(7-9-19)20-15-32-23(26-20)34-24(28-32)31-12-10-30(11-13-31)16-22-27-21(29-33-22)14-17-4-2-1-3-5-17/h1-9,15H,10-14,16H2. The van der Waals surface area contributed by atoms with Gasteiger partial charge in [0.2, 0.25) is 16.0 Å². The van der Waals surface area contributed by atoms with Crippen LogP contribution < -0.4 is 4.90 Å². The Kier molecular flexibility index (Phi) is 5.52. The van der Waals surface area contributed by atoms with Crippen molar-refractivity contribution in [3.63, 3.8) is 0 Å². The highest BCUT2D eigenvalue weighted by Crippen LogP contribution is 2.27. The zero-order valence-corrected chi connectivity index (χ0v) is 19.2. The van der Waals surface area contributed by atoms with Gasteiger partial charge in [-0.1, -0.05) is 46.8 Å². The molecule has 1 aliphatic heterocycles. The van der Waals surface area contributed by atoms with Gasteiger partial charge in [-0.25, -0.2) is 13.9 Å². The molecule has 0 saturated carbocycles. The van der Waals surface area contributed by atoms with Crippen molar-refractivity contribution in [2.24, 2.45) is 0 Å². The maximum Gasteiger partial charge on any atom is 0.240 e. The number of fused-ring (bicyclic) bond motifs is 1. The second-order valence-electron chi connectivity index (χ2n) is 8.27. The van der Waals surface area contributed by atoms with Gasteiger partial charge < -0.3 is 9.42 Å². The summed E-state index contributed by atoms with van der Waals surface area (Å²) in [6, 6.07) is 16.5. The SMILES string of the molecule is Fc1ccc(-c2cn3nc(N4CCN(Cc5nc(Cc6ccccc6)no5)CC4)sc3n2)cc1. The summed E-state index contributed by atoms with van der Waals surface area (Å²) in [4.78, 5) is 14.7.